The Labute approximate surface area is 214 Å². The van der Waals surface area contributed by atoms with Crippen LogP contribution in [-0.2, 0) is 9.53 Å². The van der Waals surface area contributed by atoms with Gasteiger partial charge in [0.15, 0.2) is 0 Å². The predicted molar refractivity (Wildman–Crippen MR) is 142 cm³/mol. The van der Waals surface area contributed by atoms with E-state index in [0.29, 0.717) is 24.4 Å². The van der Waals surface area contributed by atoms with E-state index in [1.807, 2.05) is 6.92 Å². The molecule has 0 aromatic carbocycles. The molecule has 4 fully saturated rings. The van der Waals surface area contributed by atoms with Crippen LogP contribution in [0, 0.1) is 50.2 Å². The normalized spacial score (nSPS) is 50.0. The molecule has 0 saturated heterocycles. The van der Waals surface area contributed by atoms with Gasteiger partial charge in [0, 0.05) is 0 Å². The standard InChI is InChI=1S/C32H52O3/c1-9-35-26(34)32-18-16-27(2,3)20-22(32)21-10-11-24-29(6)14-13-25(33)28(4,5)23(29)12-15-31(24,8)30(21,7)17-19-32/h10,22-25,33H,9,11-20H2,1-8H3/t22-,23-,24+,25-,29-,30+,31+,32-/m0/s1. The van der Waals surface area contributed by atoms with Gasteiger partial charge in [-0.25, -0.2) is 0 Å². The molecule has 0 radical (unpaired) electrons. The maximum Gasteiger partial charge on any atom is 0.312 e. The highest BCUT2D eigenvalue weighted by atomic mass is 16.5. The van der Waals surface area contributed by atoms with Gasteiger partial charge in [0.05, 0.1) is 18.1 Å². The molecule has 0 heterocycles. The van der Waals surface area contributed by atoms with Gasteiger partial charge >= 0.3 is 5.97 Å². The van der Waals surface area contributed by atoms with Gasteiger partial charge < -0.3 is 9.84 Å². The summed E-state index contributed by atoms with van der Waals surface area (Å²) in [6.45, 7) is 19.7. The van der Waals surface area contributed by atoms with Crippen molar-refractivity contribution in [2.75, 3.05) is 6.61 Å². The summed E-state index contributed by atoms with van der Waals surface area (Å²) in [5.41, 5.74) is 2.19. The number of carbonyl (C=O) groups is 1. The van der Waals surface area contributed by atoms with Crippen LogP contribution in [-0.4, -0.2) is 23.8 Å². The zero-order valence-corrected chi connectivity index (χ0v) is 23.9. The van der Waals surface area contributed by atoms with E-state index in [1.165, 1.54) is 12.8 Å². The lowest BCUT2D eigenvalue weighted by Gasteiger charge is -2.71. The average Bonchev–Trinajstić information content (AvgIpc) is 2.77. The van der Waals surface area contributed by atoms with E-state index in [0.717, 1.165) is 51.4 Å². The second-order valence-electron chi connectivity index (χ2n) is 15.5. The zero-order valence-electron chi connectivity index (χ0n) is 23.9. The number of aliphatic hydroxyl groups is 1. The molecule has 0 unspecified atom stereocenters. The van der Waals surface area contributed by atoms with E-state index in [4.69, 9.17) is 4.74 Å². The lowest BCUT2D eigenvalue weighted by Crippen LogP contribution is -2.65. The summed E-state index contributed by atoms with van der Waals surface area (Å²) in [5, 5.41) is 10.9. The molecule has 5 aliphatic rings. The Morgan fingerprint density at radius 3 is 2.31 bits per heavy atom. The van der Waals surface area contributed by atoms with E-state index in [1.54, 1.807) is 5.57 Å². The van der Waals surface area contributed by atoms with Crippen LogP contribution >= 0.6 is 0 Å². The Kier molecular flexibility index (Phi) is 5.78. The van der Waals surface area contributed by atoms with Gasteiger partial charge in [-0.2, -0.15) is 0 Å². The molecule has 0 amide bonds. The van der Waals surface area contributed by atoms with Crippen molar-refractivity contribution in [1.29, 1.82) is 0 Å². The molecule has 0 aliphatic heterocycles. The quantitative estimate of drug-likeness (QED) is 0.322. The van der Waals surface area contributed by atoms with E-state index in [9.17, 15) is 9.90 Å². The highest BCUT2D eigenvalue weighted by Gasteiger charge is 2.69. The summed E-state index contributed by atoms with van der Waals surface area (Å²) < 4.78 is 5.78. The fourth-order valence-corrected chi connectivity index (χ4v) is 10.9. The molecule has 0 aromatic heterocycles. The Bertz CT molecular complexity index is 916. The smallest absolute Gasteiger partial charge is 0.312 e. The molecule has 3 nitrogen and oxygen atoms in total. The molecular weight excluding hydrogens is 432 g/mol. The van der Waals surface area contributed by atoms with Crippen LogP contribution in [0.25, 0.3) is 0 Å². The van der Waals surface area contributed by atoms with E-state index in [2.05, 4.69) is 54.5 Å². The largest absolute Gasteiger partial charge is 0.466 e. The topological polar surface area (TPSA) is 46.5 Å². The van der Waals surface area contributed by atoms with Gasteiger partial charge in [0.2, 0.25) is 0 Å². The molecule has 35 heavy (non-hydrogen) atoms. The minimum atomic E-state index is -0.321. The van der Waals surface area contributed by atoms with Gasteiger partial charge in [0.25, 0.3) is 0 Å². The molecule has 4 saturated carbocycles. The third-order valence-electron chi connectivity index (χ3n) is 13.3. The van der Waals surface area contributed by atoms with Gasteiger partial charge in [0.1, 0.15) is 0 Å². The van der Waals surface area contributed by atoms with Crippen molar-refractivity contribution in [1.82, 2.24) is 0 Å². The van der Waals surface area contributed by atoms with Gasteiger partial charge in [-0.3, -0.25) is 4.79 Å². The van der Waals surface area contributed by atoms with Crippen LogP contribution in [0.15, 0.2) is 11.6 Å². The summed E-state index contributed by atoms with van der Waals surface area (Å²) in [4.78, 5) is 13.6. The van der Waals surface area contributed by atoms with Crippen molar-refractivity contribution >= 4 is 5.97 Å². The summed E-state index contributed by atoms with van der Waals surface area (Å²) in [7, 11) is 0. The summed E-state index contributed by atoms with van der Waals surface area (Å²) in [6.07, 6.45) is 13.4. The second-order valence-corrected chi connectivity index (χ2v) is 15.5. The first-order valence-electron chi connectivity index (χ1n) is 14.7. The van der Waals surface area contributed by atoms with Crippen molar-refractivity contribution in [3.05, 3.63) is 11.6 Å². The van der Waals surface area contributed by atoms with Crippen LogP contribution in [0.2, 0.25) is 0 Å². The molecule has 198 valence electrons. The summed E-state index contributed by atoms with van der Waals surface area (Å²) >= 11 is 0. The molecule has 0 spiro atoms. The van der Waals surface area contributed by atoms with Crippen LogP contribution < -0.4 is 0 Å². The SMILES string of the molecule is CCOC(=O)[C@]12CCC(C)(C)C[C@H]1C1=CC[C@@H]3[C@@]4(C)CC[C@H](O)C(C)(C)[C@@H]4CC[C@@]3(C)[C@]1(C)CC2. The van der Waals surface area contributed by atoms with Gasteiger partial charge in [-0.15, -0.1) is 0 Å². The predicted octanol–water partition coefficient (Wildman–Crippen LogP) is 7.71. The van der Waals surface area contributed by atoms with Gasteiger partial charge in [-0.1, -0.05) is 60.1 Å². The number of rotatable bonds is 2. The van der Waals surface area contributed by atoms with Crippen LogP contribution in [0.5, 0.6) is 0 Å². The minimum Gasteiger partial charge on any atom is -0.466 e. The number of ether oxygens (including phenoxy) is 1. The van der Waals surface area contributed by atoms with Crippen molar-refractivity contribution in [2.24, 2.45) is 50.2 Å². The number of fused-ring (bicyclic) bond motifs is 7. The maximum atomic E-state index is 13.6. The first kappa shape index (κ1) is 25.8. The number of hydrogen-bond donors (Lipinski definition) is 1. The zero-order chi connectivity index (χ0) is 25.7. The number of esters is 1. The third kappa shape index (κ3) is 3.28. The molecule has 5 aliphatic carbocycles. The first-order chi connectivity index (χ1) is 16.2. The fraction of sp³-hybridized carbons (Fsp3) is 0.906. The van der Waals surface area contributed by atoms with E-state index < -0.39 is 0 Å². The van der Waals surface area contributed by atoms with E-state index in [-0.39, 0.29) is 44.6 Å². The van der Waals surface area contributed by atoms with Crippen LogP contribution in [0.3, 0.4) is 0 Å². The Morgan fingerprint density at radius 1 is 0.943 bits per heavy atom. The molecule has 5 rings (SSSR count). The molecular formula is C32H52O3. The van der Waals surface area contributed by atoms with E-state index >= 15 is 0 Å². The number of aliphatic hydroxyl groups excluding tert-OH is 1. The minimum absolute atomic E-state index is 0.0156. The van der Waals surface area contributed by atoms with Crippen LogP contribution in [0.1, 0.15) is 120 Å². The highest BCUT2D eigenvalue weighted by molar-refractivity contribution is 5.78. The molecule has 0 aromatic rings. The lowest BCUT2D eigenvalue weighted by molar-refractivity contribution is -0.206. The Balaban J connectivity index is 1.59. The first-order valence-corrected chi connectivity index (χ1v) is 14.7. The molecule has 3 heteroatoms. The van der Waals surface area contributed by atoms with Crippen molar-refractivity contribution in [3.63, 3.8) is 0 Å². The molecule has 8 atom stereocenters. The lowest BCUT2D eigenvalue weighted by atomic mass is 9.33. The average molecular weight is 485 g/mol. The summed E-state index contributed by atoms with van der Waals surface area (Å²) in [6, 6.07) is 0. The molecule has 0 bridgehead atoms. The summed E-state index contributed by atoms with van der Waals surface area (Å²) in [5.74, 6) is 1.61. The Morgan fingerprint density at radius 2 is 1.63 bits per heavy atom. The Hall–Kier alpha value is -0.830. The molecule has 1 N–H and O–H groups in total. The monoisotopic (exact) mass is 484 g/mol. The number of carbonyl (C=O) groups excluding carboxylic acids is 1. The van der Waals surface area contributed by atoms with Crippen molar-refractivity contribution in [2.45, 2.75) is 126 Å². The maximum absolute atomic E-state index is 13.6. The van der Waals surface area contributed by atoms with Gasteiger partial charge in [-0.05, 0) is 116 Å². The number of hydrogen-bond acceptors (Lipinski definition) is 3. The van der Waals surface area contributed by atoms with Crippen molar-refractivity contribution < 1.29 is 14.6 Å². The van der Waals surface area contributed by atoms with Crippen LogP contribution in [0.4, 0.5) is 0 Å². The highest BCUT2D eigenvalue weighted by Crippen LogP contribution is 2.75. The fourth-order valence-electron chi connectivity index (χ4n) is 10.9. The number of allylic oxidation sites excluding steroid dienone is 2. The van der Waals surface area contributed by atoms with Crippen molar-refractivity contribution in [3.8, 4) is 0 Å². The second kappa shape index (κ2) is 7.84. The third-order valence-corrected chi connectivity index (χ3v) is 13.3.